The van der Waals surface area contributed by atoms with Crippen molar-refractivity contribution in [1.29, 1.82) is 0 Å². The summed E-state index contributed by atoms with van der Waals surface area (Å²) in [6.07, 6.45) is 0. The number of benzene rings is 2. The zero-order chi connectivity index (χ0) is 14.9. The van der Waals surface area contributed by atoms with E-state index in [2.05, 4.69) is 0 Å². The average Bonchev–Trinajstić information content (AvgIpc) is 2.78. The Balaban J connectivity index is 1.95. The first-order valence-corrected chi connectivity index (χ1v) is 7.99. The topological polar surface area (TPSA) is 43.7 Å². The van der Waals surface area contributed by atoms with Crippen LogP contribution in [0, 0.1) is 0 Å². The van der Waals surface area contributed by atoms with Crippen molar-refractivity contribution in [2.24, 2.45) is 0 Å². The van der Waals surface area contributed by atoms with Crippen LogP contribution in [0.5, 0.6) is 5.75 Å². The second kappa shape index (κ2) is 5.67. The molecule has 0 aliphatic carbocycles. The van der Waals surface area contributed by atoms with Gasteiger partial charge in [0.25, 0.3) is 0 Å². The van der Waals surface area contributed by atoms with Gasteiger partial charge in [-0.2, -0.15) is 0 Å². The minimum absolute atomic E-state index is 0.142. The molecule has 1 heterocycles. The van der Waals surface area contributed by atoms with Gasteiger partial charge < -0.3 is 15.1 Å². The number of hydrogen-bond acceptors (Lipinski definition) is 4. The van der Waals surface area contributed by atoms with E-state index in [1.165, 1.54) is 11.8 Å². The summed E-state index contributed by atoms with van der Waals surface area (Å²) in [6.45, 7) is 0.541. The first-order valence-electron chi connectivity index (χ1n) is 6.60. The van der Waals surface area contributed by atoms with Gasteiger partial charge in [0.2, 0.25) is 0 Å². The number of nitrogens with zero attached hydrogens (tertiary/aromatic N) is 1. The predicted octanol–water partition coefficient (Wildman–Crippen LogP) is 3.07. The van der Waals surface area contributed by atoms with E-state index < -0.39 is 5.72 Å². The number of thiocarbonyl (C=S) groups is 1. The normalized spacial score (nSPS) is 21.8. The Bertz CT molecular complexity index is 662. The Morgan fingerprint density at radius 3 is 2.62 bits per heavy atom. The summed E-state index contributed by atoms with van der Waals surface area (Å²) >= 11 is 6.85. The van der Waals surface area contributed by atoms with Crippen molar-refractivity contribution in [3.63, 3.8) is 0 Å². The van der Waals surface area contributed by atoms with Gasteiger partial charge >= 0.3 is 0 Å². The van der Waals surface area contributed by atoms with Crippen LogP contribution < -0.4 is 0 Å². The zero-order valence-electron chi connectivity index (χ0n) is 11.3. The Morgan fingerprint density at radius 2 is 1.90 bits per heavy atom. The summed E-state index contributed by atoms with van der Waals surface area (Å²) in [4.78, 5) is 1.82. The van der Waals surface area contributed by atoms with Crippen molar-refractivity contribution < 1.29 is 10.2 Å². The van der Waals surface area contributed by atoms with Gasteiger partial charge in [0.05, 0.1) is 5.75 Å². The van der Waals surface area contributed by atoms with Gasteiger partial charge in [-0.25, -0.2) is 0 Å². The summed E-state index contributed by atoms with van der Waals surface area (Å²) < 4.78 is 0.671. The van der Waals surface area contributed by atoms with E-state index in [1.807, 2.05) is 41.3 Å². The predicted molar refractivity (Wildman–Crippen MR) is 89.0 cm³/mol. The fraction of sp³-hybridized carbons (Fsp3) is 0.188. The van der Waals surface area contributed by atoms with Crippen molar-refractivity contribution in [2.45, 2.75) is 12.3 Å². The van der Waals surface area contributed by atoms with Crippen molar-refractivity contribution in [3.05, 3.63) is 65.7 Å². The van der Waals surface area contributed by atoms with Crippen molar-refractivity contribution in [1.82, 2.24) is 4.90 Å². The van der Waals surface area contributed by atoms with E-state index in [9.17, 15) is 10.2 Å². The highest BCUT2D eigenvalue weighted by atomic mass is 32.2. The molecule has 2 aromatic carbocycles. The standard InChI is InChI=1S/C16H15NO2S2/c18-14-8-4-7-13(9-14)16(19)11-21-15(20)17(16)10-12-5-2-1-3-6-12/h1-9,18-19H,10-11H2. The van der Waals surface area contributed by atoms with Crippen LogP contribution in [-0.4, -0.2) is 25.2 Å². The lowest BCUT2D eigenvalue weighted by Gasteiger charge is -2.34. The van der Waals surface area contributed by atoms with Crippen molar-refractivity contribution in [2.75, 3.05) is 5.75 Å². The fourth-order valence-electron chi connectivity index (χ4n) is 2.42. The van der Waals surface area contributed by atoms with Crippen LogP contribution in [0.3, 0.4) is 0 Å². The molecule has 1 fully saturated rings. The number of phenols is 1. The highest BCUT2D eigenvalue weighted by molar-refractivity contribution is 8.23. The molecule has 108 valence electrons. The second-order valence-electron chi connectivity index (χ2n) is 4.99. The molecule has 2 aromatic rings. The maximum atomic E-state index is 11.1. The molecule has 0 amide bonds. The quantitative estimate of drug-likeness (QED) is 0.852. The van der Waals surface area contributed by atoms with Crippen LogP contribution in [0.4, 0.5) is 0 Å². The molecule has 21 heavy (non-hydrogen) atoms. The number of phenolic OH excluding ortho intramolecular Hbond substituents is 1. The largest absolute Gasteiger partial charge is 0.508 e. The van der Waals surface area contributed by atoms with Gasteiger partial charge in [-0.15, -0.1) is 0 Å². The molecular weight excluding hydrogens is 302 g/mol. The van der Waals surface area contributed by atoms with Crippen LogP contribution >= 0.6 is 24.0 Å². The van der Waals surface area contributed by atoms with E-state index in [0.717, 1.165) is 5.56 Å². The summed E-state index contributed by atoms with van der Waals surface area (Å²) in [6, 6.07) is 16.6. The summed E-state index contributed by atoms with van der Waals surface area (Å²) in [5.41, 5.74) is 0.558. The average molecular weight is 317 g/mol. The Kier molecular flexibility index (Phi) is 3.89. The molecule has 0 radical (unpaired) electrons. The SMILES string of the molecule is Oc1cccc(C2(O)CSC(=S)N2Cc2ccccc2)c1. The smallest absolute Gasteiger partial charge is 0.175 e. The molecule has 1 saturated heterocycles. The summed E-state index contributed by atoms with van der Waals surface area (Å²) in [7, 11) is 0. The van der Waals surface area contributed by atoms with E-state index in [4.69, 9.17) is 12.2 Å². The molecule has 0 spiro atoms. The van der Waals surface area contributed by atoms with Crippen molar-refractivity contribution >= 4 is 28.3 Å². The molecule has 2 N–H and O–H groups in total. The Morgan fingerprint density at radius 1 is 1.14 bits per heavy atom. The lowest BCUT2D eigenvalue weighted by Crippen LogP contribution is -2.43. The minimum atomic E-state index is -1.18. The molecule has 3 nitrogen and oxygen atoms in total. The van der Waals surface area contributed by atoms with Crippen LogP contribution in [0.25, 0.3) is 0 Å². The number of rotatable bonds is 3. The lowest BCUT2D eigenvalue weighted by molar-refractivity contribution is -0.0510. The monoisotopic (exact) mass is 317 g/mol. The number of thioether (sulfide) groups is 1. The second-order valence-corrected chi connectivity index (χ2v) is 6.60. The van der Waals surface area contributed by atoms with E-state index in [-0.39, 0.29) is 5.75 Å². The van der Waals surface area contributed by atoms with Crippen molar-refractivity contribution in [3.8, 4) is 5.75 Å². The van der Waals surface area contributed by atoms with Gasteiger partial charge in [-0.05, 0) is 17.7 Å². The molecule has 1 unspecified atom stereocenters. The maximum Gasteiger partial charge on any atom is 0.175 e. The third kappa shape index (κ3) is 2.77. The highest BCUT2D eigenvalue weighted by Crippen LogP contribution is 2.40. The van der Waals surface area contributed by atoms with Gasteiger partial charge in [-0.1, -0.05) is 66.4 Å². The Labute approximate surface area is 133 Å². The number of hydrogen-bond donors (Lipinski definition) is 2. The van der Waals surface area contributed by atoms with Crippen LogP contribution in [-0.2, 0) is 12.3 Å². The van der Waals surface area contributed by atoms with Crippen LogP contribution in [0.1, 0.15) is 11.1 Å². The molecule has 0 bridgehead atoms. The first kappa shape index (κ1) is 14.4. The molecule has 0 saturated carbocycles. The molecule has 1 aliphatic rings. The zero-order valence-corrected chi connectivity index (χ0v) is 12.9. The Hall–Kier alpha value is -1.56. The van der Waals surface area contributed by atoms with Crippen LogP contribution in [0.2, 0.25) is 0 Å². The van der Waals surface area contributed by atoms with E-state index in [1.54, 1.807) is 18.2 Å². The third-order valence-electron chi connectivity index (χ3n) is 3.56. The lowest BCUT2D eigenvalue weighted by atomic mass is 10.0. The molecule has 1 atom stereocenters. The summed E-state index contributed by atoms with van der Waals surface area (Å²) in [5, 5.41) is 20.7. The minimum Gasteiger partial charge on any atom is -0.508 e. The molecule has 1 aliphatic heterocycles. The number of aromatic hydroxyl groups is 1. The molecular formula is C16H15NO2S2. The van der Waals surface area contributed by atoms with Gasteiger partial charge in [0, 0.05) is 12.1 Å². The van der Waals surface area contributed by atoms with E-state index in [0.29, 0.717) is 22.2 Å². The first-order chi connectivity index (χ1) is 10.1. The molecule has 0 aromatic heterocycles. The molecule has 5 heteroatoms. The molecule has 3 rings (SSSR count). The van der Waals surface area contributed by atoms with Gasteiger partial charge in [0.15, 0.2) is 5.72 Å². The van der Waals surface area contributed by atoms with Gasteiger partial charge in [-0.3, -0.25) is 0 Å². The van der Waals surface area contributed by atoms with Gasteiger partial charge in [0.1, 0.15) is 10.1 Å². The fourth-order valence-corrected chi connectivity index (χ4v) is 3.84. The van der Waals surface area contributed by atoms with Crippen LogP contribution in [0.15, 0.2) is 54.6 Å². The van der Waals surface area contributed by atoms with E-state index >= 15 is 0 Å². The maximum absolute atomic E-state index is 11.1. The number of aliphatic hydroxyl groups is 1. The summed E-state index contributed by atoms with van der Waals surface area (Å²) in [5.74, 6) is 0.602. The highest BCUT2D eigenvalue weighted by Gasteiger charge is 2.44. The third-order valence-corrected chi connectivity index (χ3v) is 5.14.